The van der Waals surface area contributed by atoms with Crippen molar-refractivity contribution in [3.05, 3.63) is 36.1 Å². The van der Waals surface area contributed by atoms with Gasteiger partial charge in [0.1, 0.15) is 5.58 Å². The number of hydrogen-bond acceptors (Lipinski definition) is 3. The number of aliphatic hydroxyl groups excluding tert-OH is 1. The van der Waals surface area contributed by atoms with E-state index in [1.807, 2.05) is 13.1 Å². The molecule has 0 fully saturated rings. The van der Waals surface area contributed by atoms with Crippen LogP contribution in [0.5, 0.6) is 0 Å². The van der Waals surface area contributed by atoms with Crippen molar-refractivity contribution in [3.63, 3.8) is 0 Å². The number of likely N-dealkylation sites (N-methyl/N-ethyl adjacent to an activating group) is 1. The molecule has 3 nitrogen and oxygen atoms in total. The van der Waals surface area contributed by atoms with E-state index < -0.39 is 0 Å². The Hall–Kier alpha value is -1.32. The Morgan fingerprint density at radius 1 is 1.35 bits per heavy atom. The summed E-state index contributed by atoms with van der Waals surface area (Å²) in [5.41, 5.74) is 2.21. The molecular formula is C14H19NO2. The average molecular weight is 233 g/mol. The summed E-state index contributed by atoms with van der Waals surface area (Å²) in [6, 6.07) is 8.71. The second-order valence-corrected chi connectivity index (χ2v) is 4.35. The van der Waals surface area contributed by atoms with Crippen molar-refractivity contribution in [2.45, 2.75) is 25.3 Å². The average Bonchev–Trinajstić information content (AvgIpc) is 2.81. The molecule has 0 aliphatic rings. The topological polar surface area (TPSA) is 45.4 Å². The van der Waals surface area contributed by atoms with Crippen LogP contribution in [0.2, 0.25) is 0 Å². The molecule has 0 amide bonds. The molecule has 1 aromatic carbocycles. The highest BCUT2D eigenvalue weighted by Gasteiger charge is 2.08. The first-order chi connectivity index (χ1) is 8.33. The second-order valence-electron chi connectivity index (χ2n) is 4.35. The van der Waals surface area contributed by atoms with Crippen LogP contribution in [-0.2, 0) is 6.42 Å². The van der Waals surface area contributed by atoms with Crippen LogP contribution in [-0.4, -0.2) is 24.8 Å². The van der Waals surface area contributed by atoms with Crippen LogP contribution in [0.1, 0.15) is 18.4 Å². The largest absolute Gasteiger partial charge is 0.464 e. The lowest BCUT2D eigenvalue weighted by Crippen LogP contribution is -2.27. The quantitative estimate of drug-likeness (QED) is 0.805. The summed E-state index contributed by atoms with van der Waals surface area (Å²) >= 11 is 0. The first kappa shape index (κ1) is 12.1. The molecule has 2 rings (SSSR count). The first-order valence-electron chi connectivity index (χ1n) is 6.07. The van der Waals surface area contributed by atoms with Gasteiger partial charge in [-0.05, 0) is 44.0 Å². The number of rotatable bonds is 6. The minimum Gasteiger partial charge on any atom is -0.464 e. The van der Waals surface area contributed by atoms with Crippen molar-refractivity contribution >= 4 is 11.0 Å². The van der Waals surface area contributed by atoms with Gasteiger partial charge in [0.05, 0.1) is 6.26 Å². The molecule has 1 heterocycles. The molecule has 0 aliphatic carbocycles. The normalized spacial score (nSPS) is 13.1. The zero-order valence-corrected chi connectivity index (χ0v) is 10.1. The Morgan fingerprint density at radius 3 is 3.00 bits per heavy atom. The van der Waals surface area contributed by atoms with Crippen molar-refractivity contribution in [1.82, 2.24) is 5.32 Å². The summed E-state index contributed by atoms with van der Waals surface area (Å²) in [4.78, 5) is 0. The molecule has 0 bridgehead atoms. The number of nitrogens with one attached hydrogen (secondary N) is 1. The van der Waals surface area contributed by atoms with Gasteiger partial charge in [-0.25, -0.2) is 0 Å². The fraction of sp³-hybridized carbons (Fsp3) is 0.429. The number of furan rings is 1. The maximum Gasteiger partial charge on any atom is 0.134 e. The van der Waals surface area contributed by atoms with Crippen molar-refractivity contribution in [2.75, 3.05) is 13.7 Å². The van der Waals surface area contributed by atoms with Gasteiger partial charge in [0.2, 0.25) is 0 Å². The minimum atomic E-state index is 0.259. The van der Waals surface area contributed by atoms with E-state index in [1.54, 1.807) is 6.26 Å². The van der Waals surface area contributed by atoms with Crippen molar-refractivity contribution in [1.29, 1.82) is 0 Å². The van der Waals surface area contributed by atoms with E-state index in [1.165, 1.54) is 5.56 Å². The van der Waals surface area contributed by atoms with Gasteiger partial charge in [-0.15, -0.1) is 0 Å². The summed E-state index contributed by atoms with van der Waals surface area (Å²) in [6.45, 7) is 0.259. The molecule has 2 N–H and O–H groups in total. The van der Waals surface area contributed by atoms with Gasteiger partial charge < -0.3 is 14.8 Å². The lowest BCUT2D eigenvalue weighted by molar-refractivity contribution is 0.276. The number of aliphatic hydroxyl groups is 1. The Bertz CT molecular complexity index is 464. The standard InChI is InChI=1S/C14H19NO2/c1-15-13(3-2-7-16)9-11-4-5-12-6-8-17-14(12)10-11/h4-6,8,10,13,15-16H,2-3,7,9H2,1H3. The third-order valence-corrected chi connectivity index (χ3v) is 3.12. The van der Waals surface area contributed by atoms with Gasteiger partial charge in [-0.1, -0.05) is 12.1 Å². The van der Waals surface area contributed by atoms with Crippen LogP contribution in [0.4, 0.5) is 0 Å². The van der Waals surface area contributed by atoms with Gasteiger partial charge in [-0.2, -0.15) is 0 Å². The molecule has 92 valence electrons. The molecule has 1 aromatic heterocycles. The number of fused-ring (bicyclic) bond motifs is 1. The first-order valence-corrected chi connectivity index (χ1v) is 6.07. The molecule has 0 spiro atoms. The van der Waals surface area contributed by atoms with E-state index >= 15 is 0 Å². The predicted molar refractivity (Wildman–Crippen MR) is 69.1 cm³/mol. The smallest absolute Gasteiger partial charge is 0.134 e. The fourth-order valence-corrected chi connectivity index (χ4v) is 2.10. The highest BCUT2D eigenvalue weighted by atomic mass is 16.3. The predicted octanol–water partition coefficient (Wildman–Crippen LogP) is 2.34. The Kier molecular flexibility index (Phi) is 4.18. The zero-order chi connectivity index (χ0) is 12.1. The monoisotopic (exact) mass is 233 g/mol. The van der Waals surface area contributed by atoms with Crippen LogP contribution >= 0.6 is 0 Å². The van der Waals surface area contributed by atoms with Crippen LogP contribution < -0.4 is 5.32 Å². The minimum absolute atomic E-state index is 0.259. The second kappa shape index (κ2) is 5.84. The van der Waals surface area contributed by atoms with Crippen LogP contribution in [0.25, 0.3) is 11.0 Å². The van der Waals surface area contributed by atoms with Crippen LogP contribution in [0.15, 0.2) is 34.9 Å². The Morgan fingerprint density at radius 2 is 2.24 bits per heavy atom. The molecule has 17 heavy (non-hydrogen) atoms. The number of hydrogen-bond donors (Lipinski definition) is 2. The van der Waals surface area contributed by atoms with E-state index in [0.717, 1.165) is 30.2 Å². The van der Waals surface area contributed by atoms with E-state index in [-0.39, 0.29) is 6.61 Å². The van der Waals surface area contributed by atoms with E-state index in [4.69, 9.17) is 9.52 Å². The zero-order valence-electron chi connectivity index (χ0n) is 10.1. The summed E-state index contributed by atoms with van der Waals surface area (Å²) in [5, 5.41) is 13.3. The lowest BCUT2D eigenvalue weighted by Gasteiger charge is -2.15. The van der Waals surface area contributed by atoms with Crippen molar-refractivity contribution < 1.29 is 9.52 Å². The van der Waals surface area contributed by atoms with E-state index in [2.05, 4.69) is 23.5 Å². The van der Waals surface area contributed by atoms with Gasteiger partial charge in [0.15, 0.2) is 0 Å². The van der Waals surface area contributed by atoms with Crippen molar-refractivity contribution in [2.24, 2.45) is 0 Å². The maximum absolute atomic E-state index is 8.85. The van der Waals surface area contributed by atoms with E-state index in [0.29, 0.717) is 6.04 Å². The molecule has 0 radical (unpaired) electrons. The molecule has 3 heteroatoms. The molecule has 2 aromatic rings. The highest BCUT2D eigenvalue weighted by Crippen LogP contribution is 2.18. The van der Waals surface area contributed by atoms with E-state index in [9.17, 15) is 0 Å². The third kappa shape index (κ3) is 3.08. The third-order valence-electron chi connectivity index (χ3n) is 3.12. The van der Waals surface area contributed by atoms with Gasteiger partial charge >= 0.3 is 0 Å². The Balaban J connectivity index is 2.05. The molecule has 0 saturated carbocycles. The highest BCUT2D eigenvalue weighted by molar-refractivity contribution is 5.77. The molecule has 0 aliphatic heterocycles. The van der Waals surface area contributed by atoms with Crippen LogP contribution in [0.3, 0.4) is 0 Å². The van der Waals surface area contributed by atoms with Gasteiger partial charge in [-0.3, -0.25) is 0 Å². The van der Waals surface area contributed by atoms with Gasteiger partial charge in [0, 0.05) is 18.0 Å². The lowest BCUT2D eigenvalue weighted by atomic mass is 10.0. The van der Waals surface area contributed by atoms with Crippen LogP contribution in [0, 0.1) is 0 Å². The molecule has 1 atom stereocenters. The summed E-state index contributed by atoms with van der Waals surface area (Å²) in [7, 11) is 1.97. The van der Waals surface area contributed by atoms with Crippen molar-refractivity contribution in [3.8, 4) is 0 Å². The maximum atomic E-state index is 8.85. The summed E-state index contributed by atoms with van der Waals surface area (Å²) in [6.07, 6.45) is 4.51. The Labute approximate surface area is 101 Å². The number of benzene rings is 1. The summed E-state index contributed by atoms with van der Waals surface area (Å²) in [5.74, 6) is 0. The van der Waals surface area contributed by atoms with Gasteiger partial charge in [0.25, 0.3) is 0 Å². The SMILES string of the molecule is CNC(CCCO)Cc1ccc2ccoc2c1. The molecule has 0 saturated heterocycles. The summed E-state index contributed by atoms with van der Waals surface area (Å²) < 4.78 is 5.39. The molecule has 1 unspecified atom stereocenters. The molecular weight excluding hydrogens is 214 g/mol. The fourth-order valence-electron chi connectivity index (χ4n) is 2.10.